The molecule has 9 rings (SSSR count). The summed E-state index contributed by atoms with van der Waals surface area (Å²) >= 11 is 0. The summed E-state index contributed by atoms with van der Waals surface area (Å²) in [6.45, 7) is 0. The summed E-state index contributed by atoms with van der Waals surface area (Å²) in [4.78, 5) is 9.56. The summed E-state index contributed by atoms with van der Waals surface area (Å²) < 4.78 is 2.28. The molecule has 0 atom stereocenters. The van der Waals surface area contributed by atoms with Gasteiger partial charge in [0.05, 0.1) is 22.7 Å². The molecule has 35 heavy (non-hydrogen) atoms. The Kier molecular flexibility index (Phi) is 3.14. The molecule has 0 spiro atoms. The van der Waals surface area contributed by atoms with Crippen molar-refractivity contribution in [1.29, 1.82) is 0 Å². The highest BCUT2D eigenvalue weighted by atomic mass is 15.0. The van der Waals surface area contributed by atoms with Gasteiger partial charge < -0.3 is 0 Å². The van der Waals surface area contributed by atoms with E-state index in [1.54, 1.807) is 0 Å². The minimum Gasteiger partial charge on any atom is -0.290 e. The molecule has 162 valence electrons. The number of para-hydroxylation sites is 2. The zero-order valence-electron chi connectivity index (χ0n) is 18.9. The third-order valence-electron chi connectivity index (χ3n) is 8.06. The van der Waals surface area contributed by atoms with Crippen molar-refractivity contribution in [3.8, 4) is 22.3 Å². The molecular weight excluding hydrogens is 426 g/mol. The molecule has 0 saturated carbocycles. The first-order valence-electron chi connectivity index (χ1n) is 12.2. The van der Waals surface area contributed by atoms with Crippen LogP contribution in [0, 0.1) is 0 Å². The third kappa shape index (κ3) is 2.21. The van der Waals surface area contributed by atoms with E-state index < -0.39 is 0 Å². The molecular formula is C32H19N3. The van der Waals surface area contributed by atoms with Crippen molar-refractivity contribution in [2.75, 3.05) is 0 Å². The standard InChI is InChI=1S/C32H19N3/c1-2-6-22-18(5-1)11-19-12-20-13-21-14-28-27(16-26(21)25(20)15-24(19)22)23-9-10-33-17-31(23)35-30-8-4-3-7-29(30)34-32(28)35/h1-10,12,14-17H,11,13H2. The molecule has 3 aromatic heterocycles. The van der Waals surface area contributed by atoms with Crippen LogP contribution >= 0.6 is 0 Å². The van der Waals surface area contributed by atoms with Crippen molar-refractivity contribution in [3.05, 3.63) is 114 Å². The lowest BCUT2D eigenvalue weighted by molar-refractivity contribution is 1.21. The average molecular weight is 446 g/mol. The van der Waals surface area contributed by atoms with Gasteiger partial charge in [-0.05, 0) is 99.1 Å². The molecule has 0 saturated heterocycles. The fourth-order valence-corrected chi connectivity index (χ4v) is 6.53. The van der Waals surface area contributed by atoms with Gasteiger partial charge in [-0.2, -0.15) is 0 Å². The zero-order chi connectivity index (χ0) is 22.7. The minimum atomic E-state index is 0.977. The molecule has 7 aromatic rings. The second-order valence-corrected chi connectivity index (χ2v) is 9.88. The van der Waals surface area contributed by atoms with Gasteiger partial charge >= 0.3 is 0 Å². The van der Waals surface area contributed by atoms with E-state index in [0.717, 1.165) is 35.0 Å². The van der Waals surface area contributed by atoms with Crippen molar-refractivity contribution in [2.45, 2.75) is 12.8 Å². The van der Waals surface area contributed by atoms with Crippen LogP contribution in [0.15, 0.2) is 91.3 Å². The van der Waals surface area contributed by atoms with E-state index >= 15 is 0 Å². The van der Waals surface area contributed by atoms with E-state index in [-0.39, 0.29) is 0 Å². The average Bonchev–Trinajstić information content (AvgIpc) is 3.57. The molecule has 2 aliphatic carbocycles. The topological polar surface area (TPSA) is 30.2 Å². The Morgan fingerprint density at radius 1 is 0.571 bits per heavy atom. The lowest BCUT2D eigenvalue weighted by atomic mass is 9.96. The monoisotopic (exact) mass is 445 g/mol. The largest absolute Gasteiger partial charge is 0.290 e. The summed E-state index contributed by atoms with van der Waals surface area (Å²) in [5.41, 5.74) is 15.5. The normalized spacial score (nSPS) is 13.5. The number of imidazole rings is 1. The molecule has 0 bridgehead atoms. The molecule has 0 amide bonds. The Balaban J connectivity index is 1.39. The molecule has 3 nitrogen and oxygen atoms in total. The van der Waals surface area contributed by atoms with Gasteiger partial charge in [-0.15, -0.1) is 0 Å². The first-order valence-corrected chi connectivity index (χ1v) is 12.2. The number of rotatable bonds is 0. The minimum absolute atomic E-state index is 0.977. The van der Waals surface area contributed by atoms with Crippen molar-refractivity contribution in [1.82, 2.24) is 14.4 Å². The van der Waals surface area contributed by atoms with Crippen molar-refractivity contribution in [3.63, 3.8) is 0 Å². The van der Waals surface area contributed by atoms with Gasteiger partial charge in [0.15, 0.2) is 0 Å². The van der Waals surface area contributed by atoms with E-state index in [9.17, 15) is 0 Å². The summed E-state index contributed by atoms with van der Waals surface area (Å²) in [7, 11) is 0. The Hall–Kier alpha value is -4.50. The molecule has 3 heteroatoms. The van der Waals surface area contributed by atoms with E-state index in [4.69, 9.17) is 4.98 Å². The van der Waals surface area contributed by atoms with Crippen LogP contribution in [-0.2, 0) is 12.8 Å². The van der Waals surface area contributed by atoms with Crippen LogP contribution in [0.5, 0.6) is 0 Å². The van der Waals surface area contributed by atoms with E-state index in [0.29, 0.717) is 0 Å². The first kappa shape index (κ1) is 17.9. The van der Waals surface area contributed by atoms with Crippen LogP contribution in [0.4, 0.5) is 0 Å². The van der Waals surface area contributed by atoms with Crippen molar-refractivity contribution >= 4 is 38.4 Å². The van der Waals surface area contributed by atoms with Crippen molar-refractivity contribution < 1.29 is 0 Å². The molecule has 0 fully saturated rings. The van der Waals surface area contributed by atoms with Gasteiger partial charge in [0.25, 0.3) is 0 Å². The number of pyridine rings is 2. The maximum absolute atomic E-state index is 5.08. The molecule has 0 radical (unpaired) electrons. The van der Waals surface area contributed by atoms with Crippen molar-refractivity contribution in [2.24, 2.45) is 0 Å². The Morgan fingerprint density at radius 2 is 1.34 bits per heavy atom. The number of fused-ring (bicyclic) bond motifs is 14. The van der Waals surface area contributed by atoms with Crippen LogP contribution in [0.2, 0.25) is 0 Å². The second kappa shape index (κ2) is 6.13. The maximum atomic E-state index is 5.08. The SMILES string of the molecule is c1ccc2c(c1)Cc1cc3c(cc1-2)-c1cc2c4ccncc4n4c5ccccc5nc4c2cc1C3. The van der Waals surface area contributed by atoms with Gasteiger partial charge in [-0.3, -0.25) is 9.38 Å². The van der Waals surface area contributed by atoms with E-state index in [1.165, 1.54) is 60.7 Å². The molecule has 0 N–H and O–H groups in total. The number of benzene rings is 4. The van der Waals surface area contributed by atoms with Crippen LogP contribution in [0.25, 0.3) is 60.6 Å². The van der Waals surface area contributed by atoms with E-state index in [1.807, 2.05) is 12.4 Å². The fraction of sp³-hybridized carbons (Fsp3) is 0.0625. The van der Waals surface area contributed by atoms with Crippen LogP contribution < -0.4 is 0 Å². The van der Waals surface area contributed by atoms with Gasteiger partial charge in [0.1, 0.15) is 5.65 Å². The predicted molar refractivity (Wildman–Crippen MR) is 142 cm³/mol. The number of hydrogen-bond donors (Lipinski definition) is 0. The lowest BCUT2D eigenvalue weighted by Crippen LogP contribution is -1.93. The van der Waals surface area contributed by atoms with E-state index in [2.05, 4.69) is 88.2 Å². The summed E-state index contributed by atoms with van der Waals surface area (Å²) in [6, 6.07) is 29.1. The molecule has 0 aliphatic heterocycles. The molecule has 0 unspecified atom stereocenters. The Labute approximate surface area is 201 Å². The van der Waals surface area contributed by atoms with Crippen LogP contribution in [0.1, 0.15) is 22.3 Å². The van der Waals surface area contributed by atoms with Crippen LogP contribution in [-0.4, -0.2) is 14.4 Å². The van der Waals surface area contributed by atoms with Gasteiger partial charge in [0, 0.05) is 17.0 Å². The van der Waals surface area contributed by atoms with Crippen LogP contribution in [0.3, 0.4) is 0 Å². The summed E-state index contributed by atoms with van der Waals surface area (Å²) in [6.07, 6.45) is 5.89. The molecule has 3 heterocycles. The first-order chi connectivity index (χ1) is 17.3. The smallest absolute Gasteiger partial charge is 0.146 e. The number of nitrogens with zero attached hydrogens (tertiary/aromatic N) is 3. The zero-order valence-corrected chi connectivity index (χ0v) is 18.9. The Bertz CT molecular complexity index is 2060. The Morgan fingerprint density at radius 3 is 2.31 bits per heavy atom. The molecule has 2 aliphatic rings. The third-order valence-corrected chi connectivity index (χ3v) is 8.06. The van der Waals surface area contributed by atoms with Gasteiger partial charge in [0.2, 0.25) is 0 Å². The maximum Gasteiger partial charge on any atom is 0.146 e. The number of hydrogen-bond acceptors (Lipinski definition) is 2. The predicted octanol–water partition coefficient (Wildman–Crippen LogP) is 7.33. The van der Waals surface area contributed by atoms with Gasteiger partial charge in [-0.1, -0.05) is 42.5 Å². The quantitative estimate of drug-likeness (QED) is 0.229. The summed E-state index contributed by atoms with van der Waals surface area (Å²) in [5.74, 6) is 0. The molecule has 4 aromatic carbocycles. The van der Waals surface area contributed by atoms with Gasteiger partial charge in [-0.25, -0.2) is 4.98 Å². The highest BCUT2D eigenvalue weighted by Crippen LogP contribution is 2.46. The highest BCUT2D eigenvalue weighted by Gasteiger charge is 2.26. The lowest BCUT2D eigenvalue weighted by Gasteiger charge is -2.11. The second-order valence-electron chi connectivity index (χ2n) is 9.88. The fourth-order valence-electron chi connectivity index (χ4n) is 6.53. The number of aromatic nitrogens is 3. The summed E-state index contributed by atoms with van der Waals surface area (Å²) in [5, 5.41) is 3.68. The highest BCUT2D eigenvalue weighted by molar-refractivity contribution is 6.15.